The van der Waals surface area contributed by atoms with Gasteiger partial charge in [0, 0.05) is 6.08 Å². The second kappa shape index (κ2) is 5.85. The van der Waals surface area contributed by atoms with E-state index >= 15 is 0 Å². The number of carbonyl (C=O) groups excluding carboxylic acids is 1. The number of aryl methyl sites for hydroxylation is 1. The molecule has 1 amide bonds. The van der Waals surface area contributed by atoms with Crippen molar-refractivity contribution >= 4 is 40.4 Å². The highest BCUT2D eigenvalue weighted by molar-refractivity contribution is 7.00. The third-order valence-electron chi connectivity index (χ3n) is 3.11. The Labute approximate surface area is 126 Å². The van der Waals surface area contributed by atoms with Gasteiger partial charge in [-0.2, -0.15) is 8.75 Å². The van der Waals surface area contributed by atoms with Crippen molar-refractivity contribution in [3.63, 3.8) is 0 Å². The minimum Gasteiger partial charge on any atom is -0.320 e. The molecule has 104 valence electrons. The lowest BCUT2D eigenvalue weighted by Gasteiger charge is -2.06. The van der Waals surface area contributed by atoms with Crippen LogP contribution in [0.4, 0.5) is 5.69 Å². The van der Waals surface area contributed by atoms with E-state index in [1.165, 1.54) is 6.08 Å². The molecular weight excluding hydrogens is 282 g/mol. The maximum Gasteiger partial charge on any atom is 0.248 e. The van der Waals surface area contributed by atoms with Gasteiger partial charge < -0.3 is 5.32 Å². The first-order valence-corrected chi connectivity index (χ1v) is 7.23. The van der Waals surface area contributed by atoms with E-state index in [4.69, 9.17) is 0 Å². The molecule has 0 aliphatic heterocycles. The maximum absolute atomic E-state index is 12.1. The van der Waals surface area contributed by atoms with E-state index in [0.29, 0.717) is 0 Å². The number of nitrogens with one attached hydrogen (secondary N) is 1. The summed E-state index contributed by atoms with van der Waals surface area (Å²) < 4.78 is 8.43. The summed E-state index contributed by atoms with van der Waals surface area (Å²) in [4.78, 5) is 12.1. The summed E-state index contributed by atoms with van der Waals surface area (Å²) in [5.74, 6) is -0.178. The first kappa shape index (κ1) is 13.5. The van der Waals surface area contributed by atoms with Crippen LogP contribution in [-0.2, 0) is 4.79 Å². The molecule has 5 heteroatoms. The molecule has 4 nitrogen and oxygen atoms in total. The molecule has 0 saturated heterocycles. The average molecular weight is 295 g/mol. The second-order valence-electron chi connectivity index (χ2n) is 4.62. The Kier molecular flexibility index (Phi) is 3.75. The Balaban J connectivity index is 1.82. The van der Waals surface area contributed by atoms with Crippen molar-refractivity contribution in [3.8, 4) is 0 Å². The topological polar surface area (TPSA) is 54.9 Å². The normalized spacial score (nSPS) is 11.1. The number of aromatic nitrogens is 2. The SMILES string of the molecule is Cc1ccc2nsnc2c1NC(=O)C=Cc1ccccc1. The molecular formula is C16H13N3OS. The van der Waals surface area contributed by atoms with Crippen LogP contribution in [-0.4, -0.2) is 14.7 Å². The molecule has 0 bridgehead atoms. The van der Waals surface area contributed by atoms with Crippen LogP contribution in [0.5, 0.6) is 0 Å². The number of nitrogens with zero attached hydrogens (tertiary/aromatic N) is 2. The van der Waals surface area contributed by atoms with Crippen molar-refractivity contribution in [2.45, 2.75) is 6.92 Å². The van der Waals surface area contributed by atoms with E-state index in [0.717, 1.165) is 39.6 Å². The molecule has 1 heterocycles. The fraction of sp³-hybridized carbons (Fsp3) is 0.0625. The predicted molar refractivity (Wildman–Crippen MR) is 86.3 cm³/mol. The zero-order valence-corrected chi connectivity index (χ0v) is 12.2. The molecule has 21 heavy (non-hydrogen) atoms. The number of anilines is 1. The monoisotopic (exact) mass is 295 g/mol. The molecule has 0 spiro atoms. The number of amides is 1. The van der Waals surface area contributed by atoms with Gasteiger partial charge in [0.1, 0.15) is 11.0 Å². The second-order valence-corrected chi connectivity index (χ2v) is 5.15. The molecule has 0 radical (unpaired) electrons. The van der Waals surface area contributed by atoms with Crippen LogP contribution in [0.25, 0.3) is 17.1 Å². The van der Waals surface area contributed by atoms with Crippen LogP contribution in [0.1, 0.15) is 11.1 Å². The Morgan fingerprint density at radius 1 is 1.14 bits per heavy atom. The lowest BCUT2D eigenvalue weighted by atomic mass is 10.1. The first-order valence-electron chi connectivity index (χ1n) is 6.50. The number of hydrogen-bond donors (Lipinski definition) is 1. The molecule has 2 aromatic carbocycles. The predicted octanol–water partition coefficient (Wildman–Crippen LogP) is 3.65. The zero-order valence-electron chi connectivity index (χ0n) is 11.4. The lowest BCUT2D eigenvalue weighted by molar-refractivity contribution is -0.111. The highest BCUT2D eigenvalue weighted by Crippen LogP contribution is 2.25. The number of benzene rings is 2. The number of hydrogen-bond acceptors (Lipinski definition) is 4. The van der Waals surface area contributed by atoms with Crippen LogP contribution in [0.3, 0.4) is 0 Å². The van der Waals surface area contributed by atoms with Crippen molar-refractivity contribution in [1.29, 1.82) is 0 Å². The van der Waals surface area contributed by atoms with Crippen LogP contribution >= 0.6 is 11.7 Å². The van der Waals surface area contributed by atoms with Gasteiger partial charge in [0.15, 0.2) is 0 Å². The molecule has 3 rings (SSSR count). The lowest BCUT2D eigenvalue weighted by Crippen LogP contribution is -2.09. The summed E-state index contributed by atoms with van der Waals surface area (Å²) in [6, 6.07) is 13.5. The smallest absolute Gasteiger partial charge is 0.248 e. The van der Waals surface area contributed by atoms with Gasteiger partial charge >= 0.3 is 0 Å². The molecule has 1 aromatic heterocycles. The Hall–Kier alpha value is -2.53. The van der Waals surface area contributed by atoms with Crippen LogP contribution in [0, 0.1) is 6.92 Å². The van der Waals surface area contributed by atoms with E-state index < -0.39 is 0 Å². The maximum atomic E-state index is 12.1. The molecule has 0 saturated carbocycles. The molecule has 0 atom stereocenters. The van der Waals surface area contributed by atoms with Crippen LogP contribution in [0.15, 0.2) is 48.5 Å². The summed E-state index contributed by atoms with van der Waals surface area (Å²) in [6.07, 6.45) is 3.30. The highest BCUT2D eigenvalue weighted by atomic mass is 32.1. The fourth-order valence-electron chi connectivity index (χ4n) is 2.01. The van der Waals surface area contributed by atoms with Gasteiger partial charge in [-0.05, 0) is 30.2 Å². The minimum atomic E-state index is -0.178. The van der Waals surface area contributed by atoms with Crippen molar-refractivity contribution in [3.05, 3.63) is 59.7 Å². The third kappa shape index (κ3) is 2.98. The Morgan fingerprint density at radius 3 is 2.76 bits per heavy atom. The quantitative estimate of drug-likeness (QED) is 0.750. The van der Waals surface area contributed by atoms with Crippen molar-refractivity contribution in [2.24, 2.45) is 0 Å². The van der Waals surface area contributed by atoms with Crippen molar-refractivity contribution < 1.29 is 4.79 Å². The van der Waals surface area contributed by atoms with Gasteiger partial charge in [-0.3, -0.25) is 4.79 Å². The third-order valence-corrected chi connectivity index (χ3v) is 3.65. The molecule has 0 aliphatic rings. The van der Waals surface area contributed by atoms with Crippen LogP contribution < -0.4 is 5.32 Å². The Morgan fingerprint density at radius 2 is 1.95 bits per heavy atom. The summed E-state index contributed by atoms with van der Waals surface area (Å²) in [5.41, 5.74) is 4.22. The van der Waals surface area contributed by atoms with E-state index in [1.54, 1.807) is 6.08 Å². The van der Waals surface area contributed by atoms with Crippen LogP contribution in [0.2, 0.25) is 0 Å². The number of fused-ring (bicyclic) bond motifs is 1. The van der Waals surface area contributed by atoms with Gasteiger partial charge in [-0.1, -0.05) is 36.4 Å². The molecule has 0 aliphatic carbocycles. The summed E-state index contributed by atoms with van der Waals surface area (Å²) in [5, 5.41) is 2.89. The number of rotatable bonds is 3. The van der Waals surface area contributed by atoms with Gasteiger partial charge in [0.2, 0.25) is 5.91 Å². The van der Waals surface area contributed by atoms with Crippen molar-refractivity contribution in [1.82, 2.24) is 8.75 Å². The fourth-order valence-corrected chi connectivity index (χ4v) is 2.55. The largest absolute Gasteiger partial charge is 0.320 e. The highest BCUT2D eigenvalue weighted by Gasteiger charge is 2.10. The average Bonchev–Trinajstić information content (AvgIpc) is 2.98. The first-order chi connectivity index (χ1) is 10.2. The minimum absolute atomic E-state index is 0.178. The van der Waals surface area contributed by atoms with E-state index in [-0.39, 0.29) is 5.91 Å². The summed E-state index contributed by atoms with van der Waals surface area (Å²) >= 11 is 1.14. The molecule has 0 fully saturated rings. The summed E-state index contributed by atoms with van der Waals surface area (Å²) in [6.45, 7) is 1.94. The Bertz CT molecular complexity index is 809. The van der Waals surface area contributed by atoms with E-state index in [9.17, 15) is 4.79 Å². The molecule has 3 aromatic rings. The van der Waals surface area contributed by atoms with E-state index in [1.807, 2.05) is 49.4 Å². The molecule has 1 N–H and O–H groups in total. The van der Waals surface area contributed by atoms with Gasteiger partial charge in [0.05, 0.1) is 17.4 Å². The number of carbonyl (C=O) groups is 1. The van der Waals surface area contributed by atoms with E-state index in [2.05, 4.69) is 14.1 Å². The van der Waals surface area contributed by atoms with Gasteiger partial charge in [-0.15, -0.1) is 0 Å². The van der Waals surface area contributed by atoms with Gasteiger partial charge in [0.25, 0.3) is 0 Å². The van der Waals surface area contributed by atoms with Crippen molar-refractivity contribution in [2.75, 3.05) is 5.32 Å². The summed E-state index contributed by atoms with van der Waals surface area (Å²) in [7, 11) is 0. The molecule has 0 unspecified atom stereocenters. The zero-order chi connectivity index (χ0) is 14.7. The van der Waals surface area contributed by atoms with Gasteiger partial charge in [-0.25, -0.2) is 0 Å². The standard InChI is InChI=1S/C16H13N3OS/c1-11-7-9-13-16(19-21-18-13)15(11)17-14(20)10-8-12-5-3-2-4-6-12/h2-10H,1H3,(H,17,20).